The summed E-state index contributed by atoms with van der Waals surface area (Å²) < 4.78 is 5.17. The van der Waals surface area contributed by atoms with Crippen molar-refractivity contribution in [2.24, 2.45) is 0 Å². The fourth-order valence-corrected chi connectivity index (χ4v) is 3.09. The lowest BCUT2D eigenvalue weighted by Gasteiger charge is -2.37. The topological polar surface area (TPSA) is 58.8 Å². The summed E-state index contributed by atoms with van der Waals surface area (Å²) in [7, 11) is 0. The SMILES string of the molecule is CCCOC(=O)c1ccc(N2CCN(c3ccccc3)CC2)c(N)c1. The molecule has 25 heavy (non-hydrogen) atoms. The monoisotopic (exact) mass is 339 g/mol. The van der Waals surface area contributed by atoms with Gasteiger partial charge in [-0.25, -0.2) is 4.79 Å². The summed E-state index contributed by atoms with van der Waals surface area (Å²) in [6.45, 7) is 6.10. The number of benzene rings is 2. The van der Waals surface area contributed by atoms with Gasteiger partial charge in [0, 0.05) is 31.9 Å². The third kappa shape index (κ3) is 4.05. The number of nitrogens with zero attached hydrogens (tertiary/aromatic N) is 2. The van der Waals surface area contributed by atoms with Gasteiger partial charge in [0.2, 0.25) is 0 Å². The standard InChI is InChI=1S/C20H25N3O2/c1-2-14-25-20(24)16-8-9-19(18(21)15-16)23-12-10-22(11-13-23)17-6-4-3-5-7-17/h3-9,15H,2,10-14,21H2,1H3. The van der Waals surface area contributed by atoms with E-state index in [2.05, 4.69) is 34.1 Å². The Kier molecular flexibility index (Phi) is 5.43. The summed E-state index contributed by atoms with van der Waals surface area (Å²) in [5, 5.41) is 0. The highest BCUT2D eigenvalue weighted by Crippen LogP contribution is 2.27. The van der Waals surface area contributed by atoms with E-state index in [0.29, 0.717) is 17.9 Å². The minimum atomic E-state index is -0.311. The van der Waals surface area contributed by atoms with Crippen LogP contribution in [0, 0.1) is 0 Å². The van der Waals surface area contributed by atoms with E-state index >= 15 is 0 Å². The van der Waals surface area contributed by atoms with Gasteiger partial charge in [-0.15, -0.1) is 0 Å². The van der Waals surface area contributed by atoms with Crippen molar-refractivity contribution in [2.75, 3.05) is 48.3 Å². The highest BCUT2D eigenvalue weighted by Gasteiger charge is 2.19. The van der Waals surface area contributed by atoms with E-state index in [1.54, 1.807) is 12.1 Å². The number of para-hydroxylation sites is 1. The van der Waals surface area contributed by atoms with Crippen molar-refractivity contribution in [1.82, 2.24) is 0 Å². The molecule has 1 saturated heterocycles. The molecular formula is C20H25N3O2. The third-order valence-electron chi connectivity index (χ3n) is 4.44. The zero-order valence-electron chi connectivity index (χ0n) is 14.6. The second-order valence-electron chi connectivity index (χ2n) is 6.22. The number of hydrogen-bond donors (Lipinski definition) is 1. The molecule has 3 rings (SSSR count). The highest BCUT2D eigenvalue weighted by molar-refractivity contribution is 5.92. The first-order valence-electron chi connectivity index (χ1n) is 8.80. The lowest BCUT2D eigenvalue weighted by molar-refractivity contribution is 0.0505. The molecule has 5 nitrogen and oxygen atoms in total. The van der Waals surface area contributed by atoms with Crippen LogP contribution in [0.4, 0.5) is 17.1 Å². The normalized spacial score (nSPS) is 14.4. The Bertz CT molecular complexity index is 710. The summed E-state index contributed by atoms with van der Waals surface area (Å²) in [5.74, 6) is -0.311. The maximum absolute atomic E-state index is 11.9. The Labute approximate surface area is 149 Å². The first-order chi connectivity index (χ1) is 12.2. The fraction of sp³-hybridized carbons (Fsp3) is 0.350. The van der Waals surface area contributed by atoms with Crippen molar-refractivity contribution in [2.45, 2.75) is 13.3 Å². The molecule has 0 aromatic heterocycles. The van der Waals surface area contributed by atoms with Gasteiger partial charge < -0.3 is 20.3 Å². The molecule has 0 atom stereocenters. The second kappa shape index (κ2) is 7.92. The molecule has 5 heteroatoms. The van der Waals surface area contributed by atoms with Crippen LogP contribution in [-0.4, -0.2) is 38.8 Å². The number of anilines is 3. The largest absolute Gasteiger partial charge is 0.462 e. The molecule has 1 heterocycles. The van der Waals surface area contributed by atoms with E-state index in [1.165, 1.54) is 5.69 Å². The van der Waals surface area contributed by atoms with E-state index in [9.17, 15) is 4.79 Å². The maximum Gasteiger partial charge on any atom is 0.338 e. The maximum atomic E-state index is 11.9. The van der Waals surface area contributed by atoms with E-state index in [0.717, 1.165) is 38.3 Å². The molecule has 1 aliphatic heterocycles. The van der Waals surface area contributed by atoms with E-state index in [1.807, 2.05) is 19.1 Å². The molecule has 0 bridgehead atoms. The van der Waals surface area contributed by atoms with Gasteiger partial charge in [0.15, 0.2) is 0 Å². The van der Waals surface area contributed by atoms with Crippen LogP contribution in [-0.2, 0) is 4.74 Å². The number of hydrogen-bond acceptors (Lipinski definition) is 5. The van der Waals surface area contributed by atoms with Crippen LogP contribution < -0.4 is 15.5 Å². The van der Waals surface area contributed by atoms with Crippen LogP contribution >= 0.6 is 0 Å². The average Bonchev–Trinajstić information content (AvgIpc) is 2.67. The molecule has 2 aromatic rings. The highest BCUT2D eigenvalue weighted by atomic mass is 16.5. The van der Waals surface area contributed by atoms with Crippen LogP contribution in [0.5, 0.6) is 0 Å². The van der Waals surface area contributed by atoms with Crippen LogP contribution in [0.3, 0.4) is 0 Å². The summed E-state index contributed by atoms with van der Waals surface area (Å²) in [6, 6.07) is 15.9. The predicted octanol–water partition coefficient (Wildman–Crippen LogP) is 3.16. The first-order valence-corrected chi connectivity index (χ1v) is 8.80. The Morgan fingerprint density at radius 2 is 1.72 bits per heavy atom. The Hall–Kier alpha value is -2.69. The summed E-state index contributed by atoms with van der Waals surface area (Å²) >= 11 is 0. The van der Waals surface area contributed by atoms with Crippen LogP contribution in [0.2, 0.25) is 0 Å². The second-order valence-corrected chi connectivity index (χ2v) is 6.22. The number of ether oxygens (including phenoxy) is 1. The Morgan fingerprint density at radius 3 is 2.36 bits per heavy atom. The van der Waals surface area contributed by atoms with Crippen molar-refractivity contribution in [1.29, 1.82) is 0 Å². The Balaban J connectivity index is 1.64. The zero-order valence-corrected chi connectivity index (χ0v) is 14.6. The van der Waals surface area contributed by atoms with Crippen LogP contribution in [0.1, 0.15) is 23.7 Å². The van der Waals surface area contributed by atoms with Gasteiger partial charge in [-0.3, -0.25) is 0 Å². The average molecular weight is 339 g/mol. The Morgan fingerprint density at radius 1 is 1.04 bits per heavy atom. The lowest BCUT2D eigenvalue weighted by Crippen LogP contribution is -2.46. The van der Waals surface area contributed by atoms with Gasteiger partial charge >= 0.3 is 5.97 Å². The molecule has 2 N–H and O–H groups in total. The molecule has 2 aromatic carbocycles. The molecular weight excluding hydrogens is 314 g/mol. The minimum Gasteiger partial charge on any atom is -0.462 e. The number of rotatable bonds is 5. The van der Waals surface area contributed by atoms with Gasteiger partial charge in [0.25, 0.3) is 0 Å². The summed E-state index contributed by atoms with van der Waals surface area (Å²) in [5.41, 5.74) is 9.58. The van der Waals surface area contributed by atoms with Crippen LogP contribution in [0.15, 0.2) is 48.5 Å². The van der Waals surface area contributed by atoms with Crippen molar-refractivity contribution in [3.63, 3.8) is 0 Å². The molecule has 0 unspecified atom stereocenters. The number of esters is 1. The van der Waals surface area contributed by atoms with Crippen molar-refractivity contribution < 1.29 is 9.53 Å². The lowest BCUT2D eigenvalue weighted by atomic mass is 10.1. The molecule has 0 aliphatic carbocycles. The van der Waals surface area contributed by atoms with E-state index in [4.69, 9.17) is 10.5 Å². The number of carbonyl (C=O) groups excluding carboxylic acids is 1. The van der Waals surface area contributed by atoms with Gasteiger partial charge in [0.05, 0.1) is 23.5 Å². The third-order valence-corrected chi connectivity index (χ3v) is 4.44. The number of piperazine rings is 1. The van der Waals surface area contributed by atoms with Crippen molar-refractivity contribution in [3.05, 3.63) is 54.1 Å². The van der Waals surface area contributed by atoms with Crippen LogP contribution in [0.25, 0.3) is 0 Å². The molecule has 132 valence electrons. The molecule has 0 amide bonds. The molecule has 1 fully saturated rings. The molecule has 0 saturated carbocycles. The smallest absolute Gasteiger partial charge is 0.338 e. The van der Waals surface area contributed by atoms with Gasteiger partial charge in [-0.05, 0) is 36.8 Å². The quantitative estimate of drug-likeness (QED) is 0.670. The number of nitrogen functional groups attached to an aromatic ring is 1. The van der Waals surface area contributed by atoms with Gasteiger partial charge in [-0.2, -0.15) is 0 Å². The molecule has 0 radical (unpaired) electrons. The minimum absolute atomic E-state index is 0.311. The predicted molar refractivity (Wildman–Crippen MR) is 102 cm³/mol. The van der Waals surface area contributed by atoms with Crippen molar-refractivity contribution in [3.8, 4) is 0 Å². The first kappa shape index (κ1) is 17.1. The van der Waals surface area contributed by atoms with Crippen molar-refractivity contribution >= 4 is 23.0 Å². The summed E-state index contributed by atoms with van der Waals surface area (Å²) in [6.07, 6.45) is 0.811. The van der Waals surface area contributed by atoms with E-state index < -0.39 is 0 Å². The number of nitrogens with two attached hydrogens (primary N) is 1. The number of carbonyl (C=O) groups is 1. The van der Waals surface area contributed by atoms with E-state index in [-0.39, 0.29) is 5.97 Å². The zero-order chi connectivity index (χ0) is 17.6. The fourth-order valence-electron chi connectivity index (χ4n) is 3.09. The summed E-state index contributed by atoms with van der Waals surface area (Å²) in [4.78, 5) is 16.6. The molecule has 0 spiro atoms. The van der Waals surface area contributed by atoms with Gasteiger partial charge in [0.1, 0.15) is 0 Å². The van der Waals surface area contributed by atoms with Gasteiger partial charge in [-0.1, -0.05) is 25.1 Å². The molecule has 1 aliphatic rings.